The Hall–Kier alpha value is -2.38. The number of ether oxygens (including phenoxy) is 1. The van der Waals surface area contributed by atoms with E-state index in [0.29, 0.717) is 15.7 Å². The molecule has 0 saturated carbocycles. The van der Waals surface area contributed by atoms with Crippen molar-refractivity contribution in [1.82, 2.24) is 4.98 Å². The molecule has 2 N–H and O–H groups in total. The number of aryl methyl sites for hydroxylation is 1. The highest BCUT2D eigenvalue weighted by atomic mass is 79.9. The van der Waals surface area contributed by atoms with Gasteiger partial charge in [-0.2, -0.15) is 0 Å². The largest absolute Gasteiger partial charge is 0.497 e. The molecule has 0 bridgehead atoms. The molecule has 0 aliphatic heterocycles. The van der Waals surface area contributed by atoms with E-state index in [9.17, 15) is 4.79 Å². The van der Waals surface area contributed by atoms with Crippen LogP contribution in [-0.2, 0) is 0 Å². The number of nitrogens with zero attached hydrogens (tertiary/aromatic N) is 1. The molecule has 0 saturated heterocycles. The number of thiazole rings is 1. The lowest BCUT2D eigenvalue weighted by Crippen LogP contribution is -2.11. The van der Waals surface area contributed by atoms with Gasteiger partial charge < -0.3 is 15.4 Å². The van der Waals surface area contributed by atoms with Crippen molar-refractivity contribution in [2.75, 3.05) is 17.7 Å². The van der Waals surface area contributed by atoms with Crippen LogP contribution in [0, 0.1) is 6.92 Å². The molecule has 3 aromatic rings. The molecule has 1 heterocycles. The molecule has 3 rings (SSSR count). The average Bonchev–Trinajstić information content (AvgIpc) is 2.97. The maximum Gasteiger partial charge on any atom is 0.267 e. The van der Waals surface area contributed by atoms with Gasteiger partial charge in [-0.1, -0.05) is 33.3 Å². The first-order valence-electron chi connectivity index (χ1n) is 7.50. The lowest BCUT2D eigenvalue weighted by Gasteiger charge is -2.05. The standard InChI is InChI=1S/C18H16BrN3O2S/c1-11-16(17(23)21-13-8-6-12(19)7-9-13)25-18(20-11)22-14-4-3-5-15(10-14)24-2/h3-10H,1-2H3,(H,20,22)(H,21,23). The number of amides is 1. The summed E-state index contributed by atoms with van der Waals surface area (Å²) < 4.78 is 6.17. The Morgan fingerprint density at radius 1 is 1.16 bits per heavy atom. The number of carbonyl (C=O) groups excluding carboxylic acids is 1. The number of aromatic nitrogens is 1. The second kappa shape index (κ2) is 7.67. The van der Waals surface area contributed by atoms with Crippen LogP contribution in [0.25, 0.3) is 0 Å². The summed E-state index contributed by atoms with van der Waals surface area (Å²) in [6, 6.07) is 15.0. The van der Waals surface area contributed by atoms with Gasteiger partial charge in [0, 0.05) is 21.9 Å². The molecule has 5 nitrogen and oxygen atoms in total. The van der Waals surface area contributed by atoms with Crippen LogP contribution in [0.15, 0.2) is 53.0 Å². The Kier molecular flexibility index (Phi) is 5.35. The van der Waals surface area contributed by atoms with Gasteiger partial charge in [0.1, 0.15) is 10.6 Å². The van der Waals surface area contributed by atoms with Gasteiger partial charge in [-0.3, -0.25) is 4.79 Å². The zero-order valence-electron chi connectivity index (χ0n) is 13.7. The molecule has 1 aromatic heterocycles. The number of benzene rings is 2. The van der Waals surface area contributed by atoms with E-state index in [1.165, 1.54) is 11.3 Å². The van der Waals surface area contributed by atoms with Gasteiger partial charge in [-0.25, -0.2) is 4.98 Å². The quantitative estimate of drug-likeness (QED) is 0.597. The SMILES string of the molecule is COc1cccc(Nc2nc(C)c(C(=O)Nc3ccc(Br)cc3)s2)c1. The minimum absolute atomic E-state index is 0.170. The third-order valence-corrected chi connectivity index (χ3v) is 5.03. The van der Waals surface area contributed by atoms with Gasteiger partial charge in [0.2, 0.25) is 0 Å². The van der Waals surface area contributed by atoms with E-state index in [4.69, 9.17) is 4.74 Å². The predicted molar refractivity (Wildman–Crippen MR) is 105 cm³/mol. The summed E-state index contributed by atoms with van der Waals surface area (Å²) in [5.74, 6) is 0.586. The van der Waals surface area contributed by atoms with Crippen LogP contribution in [0.2, 0.25) is 0 Å². The molecule has 0 fully saturated rings. The smallest absolute Gasteiger partial charge is 0.267 e. The molecule has 0 spiro atoms. The van der Waals surface area contributed by atoms with Crippen LogP contribution in [0.3, 0.4) is 0 Å². The monoisotopic (exact) mass is 417 g/mol. The van der Waals surface area contributed by atoms with Gasteiger partial charge in [0.25, 0.3) is 5.91 Å². The van der Waals surface area contributed by atoms with Crippen molar-refractivity contribution in [2.45, 2.75) is 6.92 Å². The molecule has 2 aromatic carbocycles. The summed E-state index contributed by atoms with van der Waals surface area (Å²) in [6.45, 7) is 1.82. The van der Waals surface area contributed by atoms with Gasteiger partial charge in [0.05, 0.1) is 12.8 Å². The minimum Gasteiger partial charge on any atom is -0.497 e. The zero-order chi connectivity index (χ0) is 17.8. The second-order valence-electron chi connectivity index (χ2n) is 5.25. The fourth-order valence-electron chi connectivity index (χ4n) is 2.21. The minimum atomic E-state index is -0.170. The molecular weight excluding hydrogens is 402 g/mol. The number of hydrogen-bond acceptors (Lipinski definition) is 5. The molecule has 0 atom stereocenters. The number of carbonyl (C=O) groups is 1. The van der Waals surface area contributed by atoms with Crippen molar-refractivity contribution in [2.24, 2.45) is 0 Å². The Bertz CT molecular complexity index is 894. The molecule has 0 radical (unpaired) electrons. The van der Waals surface area contributed by atoms with E-state index in [-0.39, 0.29) is 5.91 Å². The molecule has 1 amide bonds. The van der Waals surface area contributed by atoms with Crippen molar-refractivity contribution in [3.05, 3.63) is 63.6 Å². The lowest BCUT2D eigenvalue weighted by molar-refractivity contribution is 0.103. The van der Waals surface area contributed by atoms with E-state index in [1.807, 2.05) is 55.5 Å². The van der Waals surface area contributed by atoms with Gasteiger partial charge >= 0.3 is 0 Å². The number of halogens is 1. The van der Waals surface area contributed by atoms with Crippen molar-refractivity contribution >= 4 is 49.7 Å². The first-order chi connectivity index (χ1) is 12.0. The summed E-state index contributed by atoms with van der Waals surface area (Å²) in [4.78, 5) is 17.5. The number of nitrogens with one attached hydrogen (secondary N) is 2. The lowest BCUT2D eigenvalue weighted by atomic mass is 10.3. The van der Waals surface area contributed by atoms with Gasteiger partial charge in [-0.05, 0) is 43.3 Å². The Balaban J connectivity index is 1.75. The highest BCUT2D eigenvalue weighted by molar-refractivity contribution is 9.10. The third kappa shape index (κ3) is 4.37. The molecule has 0 unspecified atom stereocenters. The Labute approximate surface area is 158 Å². The fourth-order valence-corrected chi connectivity index (χ4v) is 3.35. The normalized spacial score (nSPS) is 10.4. The topological polar surface area (TPSA) is 63.2 Å². The van der Waals surface area contributed by atoms with E-state index < -0.39 is 0 Å². The first kappa shape index (κ1) is 17.4. The summed E-state index contributed by atoms with van der Waals surface area (Å²) in [5, 5.41) is 6.75. The van der Waals surface area contributed by atoms with E-state index in [2.05, 4.69) is 31.5 Å². The number of anilines is 3. The molecular formula is C18H16BrN3O2S. The summed E-state index contributed by atoms with van der Waals surface area (Å²) in [7, 11) is 1.62. The first-order valence-corrected chi connectivity index (χ1v) is 9.11. The maximum atomic E-state index is 12.5. The Morgan fingerprint density at radius 3 is 2.64 bits per heavy atom. The van der Waals surface area contributed by atoms with Crippen molar-refractivity contribution in [3.63, 3.8) is 0 Å². The average molecular weight is 418 g/mol. The van der Waals surface area contributed by atoms with Crippen LogP contribution >= 0.6 is 27.3 Å². The second-order valence-corrected chi connectivity index (χ2v) is 7.17. The van der Waals surface area contributed by atoms with Gasteiger partial charge in [0.15, 0.2) is 5.13 Å². The van der Waals surface area contributed by atoms with E-state index in [0.717, 1.165) is 21.6 Å². The van der Waals surface area contributed by atoms with Crippen molar-refractivity contribution in [3.8, 4) is 5.75 Å². The highest BCUT2D eigenvalue weighted by Gasteiger charge is 2.16. The summed E-state index contributed by atoms with van der Waals surface area (Å²) in [5.41, 5.74) is 2.28. The molecule has 7 heteroatoms. The fraction of sp³-hybridized carbons (Fsp3) is 0.111. The number of rotatable bonds is 5. The van der Waals surface area contributed by atoms with Gasteiger partial charge in [-0.15, -0.1) is 0 Å². The maximum absolute atomic E-state index is 12.5. The third-order valence-electron chi connectivity index (χ3n) is 3.43. The molecule has 25 heavy (non-hydrogen) atoms. The van der Waals surface area contributed by atoms with Crippen LogP contribution < -0.4 is 15.4 Å². The molecule has 0 aliphatic carbocycles. The number of methoxy groups -OCH3 is 1. The van der Waals surface area contributed by atoms with Crippen LogP contribution in [0.5, 0.6) is 5.75 Å². The van der Waals surface area contributed by atoms with E-state index >= 15 is 0 Å². The van der Waals surface area contributed by atoms with Crippen molar-refractivity contribution in [1.29, 1.82) is 0 Å². The van der Waals surface area contributed by atoms with E-state index in [1.54, 1.807) is 7.11 Å². The van der Waals surface area contributed by atoms with Crippen molar-refractivity contribution < 1.29 is 9.53 Å². The summed E-state index contributed by atoms with van der Waals surface area (Å²) >= 11 is 4.69. The zero-order valence-corrected chi connectivity index (χ0v) is 16.1. The predicted octanol–water partition coefficient (Wildman–Crippen LogP) is 5.22. The Morgan fingerprint density at radius 2 is 1.92 bits per heavy atom. The molecule has 0 aliphatic rings. The number of hydrogen-bond donors (Lipinski definition) is 2. The van der Waals surface area contributed by atoms with Crippen LogP contribution in [0.1, 0.15) is 15.4 Å². The van der Waals surface area contributed by atoms with Crippen LogP contribution in [-0.4, -0.2) is 18.0 Å². The molecule has 128 valence electrons. The summed E-state index contributed by atoms with van der Waals surface area (Å²) in [6.07, 6.45) is 0. The van der Waals surface area contributed by atoms with Crippen LogP contribution in [0.4, 0.5) is 16.5 Å². The highest BCUT2D eigenvalue weighted by Crippen LogP contribution is 2.28.